The van der Waals surface area contributed by atoms with E-state index in [9.17, 15) is 15.2 Å². The summed E-state index contributed by atoms with van der Waals surface area (Å²) in [6.07, 6.45) is -0.782. The number of fused-ring (bicyclic) bond motifs is 1. The van der Waals surface area contributed by atoms with Crippen molar-refractivity contribution < 1.29 is 14.8 Å². The number of hydrogen-bond acceptors (Lipinski definition) is 6. The first-order valence-electron chi connectivity index (χ1n) is 6.97. The lowest BCUT2D eigenvalue weighted by Gasteiger charge is -2.12. The zero-order valence-corrected chi connectivity index (χ0v) is 12.1. The van der Waals surface area contributed by atoms with Gasteiger partial charge >= 0.3 is 0 Å². The number of aromatic nitrogens is 3. The van der Waals surface area contributed by atoms with Gasteiger partial charge in [0, 0.05) is 12.1 Å². The molecule has 2 aromatic carbocycles. The first-order chi connectivity index (χ1) is 11.1. The van der Waals surface area contributed by atoms with Crippen LogP contribution in [0.2, 0.25) is 0 Å². The van der Waals surface area contributed by atoms with E-state index in [2.05, 4.69) is 10.3 Å². The van der Waals surface area contributed by atoms with Gasteiger partial charge in [0.2, 0.25) is 0 Å². The van der Waals surface area contributed by atoms with Crippen LogP contribution in [0.25, 0.3) is 11.0 Å². The predicted molar refractivity (Wildman–Crippen MR) is 82.1 cm³/mol. The highest BCUT2D eigenvalue weighted by Crippen LogP contribution is 2.17. The van der Waals surface area contributed by atoms with E-state index in [4.69, 9.17) is 4.74 Å². The number of benzene rings is 2. The topological polar surface area (TPSA) is 103 Å². The molecule has 0 aliphatic rings. The number of nitrogens with zero attached hydrogens (tertiary/aromatic N) is 4. The van der Waals surface area contributed by atoms with E-state index < -0.39 is 11.0 Å². The molecule has 0 saturated carbocycles. The van der Waals surface area contributed by atoms with Crippen LogP contribution in [0, 0.1) is 10.1 Å². The predicted octanol–water partition coefficient (Wildman–Crippen LogP) is 1.78. The number of nitro benzene ring substituents is 1. The molecule has 3 rings (SSSR count). The summed E-state index contributed by atoms with van der Waals surface area (Å²) in [7, 11) is 0. The number of ether oxygens (including phenoxy) is 1. The Hall–Kier alpha value is -3.00. The molecule has 23 heavy (non-hydrogen) atoms. The van der Waals surface area contributed by atoms with Crippen molar-refractivity contribution in [3.63, 3.8) is 0 Å². The molecule has 0 spiro atoms. The molecule has 0 saturated heterocycles. The van der Waals surface area contributed by atoms with E-state index in [1.165, 1.54) is 24.3 Å². The Morgan fingerprint density at radius 3 is 2.70 bits per heavy atom. The third kappa shape index (κ3) is 3.43. The number of aliphatic hydroxyl groups excluding tert-OH is 1. The molecule has 0 radical (unpaired) electrons. The average Bonchev–Trinajstić information content (AvgIpc) is 2.96. The number of rotatable bonds is 6. The molecule has 1 aromatic heterocycles. The molecule has 8 nitrogen and oxygen atoms in total. The van der Waals surface area contributed by atoms with Crippen LogP contribution in [0.1, 0.15) is 0 Å². The van der Waals surface area contributed by atoms with E-state index in [0.717, 1.165) is 11.0 Å². The SMILES string of the molecule is O=[N+]([O-])c1ccc(OC[C@H](O)Cn2nnc3ccccc32)cc1. The van der Waals surface area contributed by atoms with Crippen molar-refractivity contribution in [3.8, 4) is 5.75 Å². The van der Waals surface area contributed by atoms with Gasteiger partial charge in [-0.15, -0.1) is 5.10 Å². The minimum Gasteiger partial charge on any atom is -0.491 e. The molecule has 0 aliphatic carbocycles. The Morgan fingerprint density at radius 1 is 1.22 bits per heavy atom. The molecule has 0 amide bonds. The maximum atomic E-state index is 10.6. The zero-order valence-electron chi connectivity index (χ0n) is 12.1. The van der Waals surface area contributed by atoms with E-state index in [-0.39, 0.29) is 18.8 Å². The van der Waals surface area contributed by atoms with Crippen LogP contribution in [0.5, 0.6) is 5.75 Å². The summed E-state index contributed by atoms with van der Waals surface area (Å²) >= 11 is 0. The molecule has 118 valence electrons. The van der Waals surface area contributed by atoms with E-state index >= 15 is 0 Å². The molecule has 3 aromatic rings. The monoisotopic (exact) mass is 314 g/mol. The quantitative estimate of drug-likeness (QED) is 0.549. The normalized spacial score (nSPS) is 12.2. The molecule has 0 unspecified atom stereocenters. The van der Waals surface area contributed by atoms with Crippen LogP contribution in [0.3, 0.4) is 0 Å². The van der Waals surface area contributed by atoms with Crippen LogP contribution in [0.4, 0.5) is 5.69 Å². The third-order valence-electron chi connectivity index (χ3n) is 3.29. The lowest BCUT2D eigenvalue weighted by molar-refractivity contribution is -0.384. The summed E-state index contributed by atoms with van der Waals surface area (Å²) in [6.45, 7) is 0.291. The van der Waals surface area contributed by atoms with E-state index in [1.807, 2.05) is 24.3 Å². The minimum absolute atomic E-state index is 0.00742. The fraction of sp³-hybridized carbons (Fsp3) is 0.200. The number of nitro groups is 1. The molecule has 0 aliphatic heterocycles. The Balaban J connectivity index is 1.59. The first kappa shape index (κ1) is 14.9. The lowest BCUT2D eigenvalue weighted by atomic mass is 10.3. The second kappa shape index (κ2) is 6.41. The smallest absolute Gasteiger partial charge is 0.269 e. The lowest BCUT2D eigenvalue weighted by Crippen LogP contribution is -2.24. The highest BCUT2D eigenvalue weighted by atomic mass is 16.6. The average molecular weight is 314 g/mol. The van der Waals surface area contributed by atoms with Crippen molar-refractivity contribution in [2.24, 2.45) is 0 Å². The van der Waals surface area contributed by atoms with Gasteiger partial charge in [0.15, 0.2) is 0 Å². The van der Waals surface area contributed by atoms with Crippen molar-refractivity contribution in [1.29, 1.82) is 0 Å². The molecular formula is C15H14N4O4. The minimum atomic E-state index is -0.782. The van der Waals surface area contributed by atoms with Gasteiger partial charge in [-0.1, -0.05) is 17.3 Å². The van der Waals surface area contributed by atoms with Gasteiger partial charge in [0.25, 0.3) is 5.69 Å². The summed E-state index contributed by atoms with van der Waals surface area (Å²) in [4.78, 5) is 10.1. The molecule has 0 fully saturated rings. The molecule has 0 bridgehead atoms. The molecule has 1 atom stereocenters. The van der Waals surface area contributed by atoms with Crippen molar-refractivity contribution >= 4 is 16.7 Å². The number of non-ortho nitro benzene ring substituents is 1. The van der Waals surface area contributed by atoms with E-state index in [0.29, 0.717) is 5.75 Å². The summed E-state index contributed by atoms with van der Waals surface area (Å²) in [5.74, 6) is 0.457. The summed E-state index contributed by atoms with van der Waals surface area (Å²) in [6, 6.07) is 13.2. The maximum absolute atomic E-state index is 10.6. The van der Waals surface area contributed by atoms with Crippen LogP contribution in [0.15, 0.2) is 48.5 Å². The Morgan fingerprint density at radius 2 is 1.96 bits per heavy atom. The largest absolute Gasteiger partial charge is 0.491 e. The van der Waals surface area contributed by atoms with Gasteiger partial charge in [-0.25, -0.2) is 4.68 Å². The number of para-hydroxylation sites is 1. The summed E-state index contributed by atoms with van der Waals surface area (Å²) < 4.78 is 7.04. The summed E-state index contributed by atoms with van der Waals surface area (Å²) in [5, 5.41) is 28.6. The molecule has 8 heteroatoms. The van der Waals surface area contributed by atoms with Crippen molar-refractivity contribution in [2.75, 3.05) is 6.61 Å². The molecule has 1 N–H and O–H groups in total. The second-order valence-electron chi connectivity index (χ2n) is 4.98. The third-order valence-corrected chi connectivity index (χ3v) is 3.29. The van der Waals surface area contributed by atoms with Gasteiger partial charge in [-0.2, -0.15) is 0 Å². The van der Waals surface area contributed by atoms with Crippen molar-refractivity contribution in [1.82, 2.24) is 15.0 Å². The number of aliphatic hydroxyl groups is 1. The Bertz CT molecular complexity index is 816. The van der Waals surface area contributed by atoms with Crippen LogP contribution in [-0.4, -0.2) is 37.7 Å². The summed E-state index contributed by atoms with van der Waals surface area (Å²) in [5.41, 5.74) is 1.59. The van der Waals surface area contributed by atoms with Gasteiger partial charge < -0.3 is 9.84 Å². The first-order valence-corrected chi connectivity index (χ1v) is 6.97. The number of hydrogen-bond donors (Lipinski definition) is 1. The maximum Gasteiger partial charge on any atom is 0.269 e. The Kier molecular flexibility index (Phi) is 4.15. The fourth-order valence-corrected chi connectivity index (χ4v) is 2.16. The van der Waals surface area contributed by atoms with Gasteiger partial charge in [-0.05, 0) is 24.3 Å². The molecular weight excluding hydrogens is 300 g/mol. The van der Waals surface area contributed by atoms with Gasteiger partial charge in [0.1, 0.15) is 24.0 Å². The van der Waals surface area contributed by atoms with Gasteiger partial charge in [-0.3, -0.25) is 10.1 Å². The zero-order chi connectivity index (χ0) is 16.2. The van der Waals surface area contributed by atoms with Crippen LogP contribution >= 0.6 is 0 Å². The highest BCUT2D eigenvalue weighted by Gasteiger charge is 2.11. The van der Waals surface area contributed by atoms with Crippen molar-refractivity contribution in [3.05, 3.63) is 58.6 Å². The van der Waals surface area contributed by atoms with Crippen LogP contribution < -0.4 is 4.74 Å². The van der Waals surface area contributed by atoms with Crippen LogP contribution in [-0.2, 0) is 6.54 Å². The Labute approximate surface area is 131 Å². The highest BCUT2D eigenvalue weighted by molar-refractivity contribution is 5.73. The fourth-order valence-electron chi connectivity index (χ4n) is 2.16. The second-order valence-corrected chi connectivity index (χ2v) is 4.98. The van der Waals surface area contributed by atoms with Crippen molar-refractivity contribution in [2.45, 2.75) is 12.6 Å². The standard InChI is InChI=1S/C15H14N4O4/c20-12(9-18-15-4-2-1-3-14(15)16-17-18)10-23-13-7-5-11(6-8-13)19(21)22/h1-8,12,20H,9-10H2/t12-/m1/s1. The van der Waals surface area contributed by atoms with E-state index in [1.54, 1.807) is 4.68 Å². The molecule has 1 heterocycles. The van der Waals surface area contributed by atoms with Gasteiger partial charge in [0.05, 0.1) is 17.0 Å².